The first-order valence-electron chi connectivity index (χ1n) is 7.54. The molecule has 164 valence electrons. The van der Waals surface area contributed by atoms with Gasteiger partial charge in [-0.2, -0.15) is 13.2 Å². The molecule has 0 saturated heterocycles. The maximum absolute atomic E-state index is 13.6. The van der Waals surface area contributed by atoms with Crippen LogP contribution in [0.5, 0.6) is 0 Å². The number of nitrogens with one attached hydrogen (secondary N) is 2. The van der Waals surface area contributed by atoms with Crippen LogP contribution in [-0.2, 0) is 20.0 Å². The lowest BCUT2D eigenvalue weighted by atomic mass is 10.2. The minimum atomic E-state index is -4.77. The van der Waals surface area contributed by atoms with Crippen molar-refractivity contribution in [1.82, 2.24) is 4.72 Å². The maximum Gasteiger partial charge on any atom is 0.402 e. The maximum atomic E-state index is 13.6. The van der Waals surface area contributed by atoms with Gasteiger partial charge in [0.15, 0.2) is 0 Å². The number of aromatic carboxylic acids is 1. The minimum absolute atomic E-state index is 0.220. The van der Waals surface area contributed by atoms with Crippen molar-refractivity contribution in [3.63, 3.8) is 0 Å². The van der Waals surface area contributed by atoms with E-state index in [1.807, 2.05) is 4.72 Å². The Morgan fingerprint density at radius 3 is 2.10 bits per heavy atom. The number of carboxylic acid groups (broad SMARTS) is 1. The fourth-order valence-corrected chi connectivity index (χ4v) is 4.69. The van der Waals surface area contributed by atoms with E-state index in [0.29, 0.717) is 12.1 Å². The van der Waals surface area contributed by atoms with E-state index in [9.17, 15) is 39.2 Å². The fourth-order valence-electron chi connectivity index (χ4n) is 2.07. The molecule has 2 aromatic carbocycles. The summed E-state index contributed by atoms with van der Waals surface area (Å²) in [6.45, 7) is -1.79. The summed E-state index contributed by atoms with van der Waals surface area (Å²) in [6.07, 6.45) is -4.77. The number of benzene rings is 2. The molecule has 0 aliphatic carbocycles. The highest BCUT2D eigenvalue weighted by molar-refractivity contribution is 7.92. The molecule has 0 heterocycles. The van der Waals surface area contributed by atoms with Crippen molar-refractivity contribution < 1.29 is 44.3 Å². The van der Waals surface area contributed by atoms with Gasteiger partial charge in [0.25, 0.3) is 10.0 Å². The third kappa shape index (κ3) is 5.81. The van der Waals surface area contributed by atoms with Crippen molar-refractivity contribution in [3.05, 3.63) is 52.8 Å². The third-order valence-corrected chi connectivity index (χ3v) is 6.68. The van der Waals surface area contributed by atoms with Crippen molar-refractivity contribution in [2.45, 2.75) is 16.0 Å². The first-order valence-corrected chi connectivity index (χ1v) is 10.9. The normalized spacial score (nSPS) is 12.6. The SMILES string of the molecule is O=C(O)c1cc(S(=O)(=O)Nc2ccc(S(=O)(=O)NCC(F)(F)F)cc2)c(Cl)cc1F. The topological polar surface area (TPSA) is 130 Å². The Morgan fingerprint density at radius 2 is 1.60 bits per heavy atom. The smallest absolute Gasteiger partial charge is 0.402 e. The van der Waals surface area contributed by atoms with E-state index in [1.165, 1.54) is 4.72 Å². The van der Waals surface area contributed by atoms with Crippen LogP contribution in [0.15, 0.2) is 46.2 Å². The predicted octanol–water partition coefficient (Wildman–Crippen LogP) is 2.82. The van der Waals surface area contributed by atoms with Crippen LogP contribution >= 0.6 is 11.6 Å². The van der Waals surface area contributed by atoms with Crippen LogP contribution in [0.2, 0.25) is 5.02 Å². The highest BCUT2D eigenvalue weighted by Gasteiger charge is 2.30. The van der Waals surface area contributed by atoms with Gasteiger partial charge in [0, 0.05) is 5.69 Å². The lowest BCUT2D eigenvalue weighted by Gasteiger charge is -2.12. The summed E-state index contributed by atoms with van der Waals surface area (Å²) in [7, 11) is -9.03. The molecule has 0 amide bonds. The Morgan fingerprint density at radius 1 is 1.03 bits per heavy atom. The quantitative estimate of drug-likeness (QED) is 0.512. The molecule has 0 radical (unpaired) electrons. The Bertz CT molecular complexity index is 1180. The monoisotopic (exact) mass is 490 g/mol. The average molecular weight is 491 g/mol. The molecule has 0 aliphatic rings. The van der Waals surface area contributed by atoms with E-state index >= 15 is 0 Å². The van der Waals surface area contributed by atoms with Gasteiger partial charge in [-0.15, -0.1) is 0 Å². The molecule has 0 fully saturated rings. The highest BCUT2D eigenvalue weighted by atomic mass is 35.5. The molecule has 3 N–H and O–H groups in total. The zero-order valence-corrected chi connectivity index (χ0v) is 16.8. The number of sulfonamides is 2. The van der Waals surface area contributed by atoms with E-state index in [2.05, 4.69) is 0 Å². The summed E-state index contributed by atoms with van der Waals surface area (Å²) in [5.74, 6) is -2.99. The van der Waals surface area contributed by atoms with Crippen molar-refractivity contribution in [2.75, 3.05) is 11.3 Å². The second-order valence-corrected chi connectivity index (χ2v) is 9.46. The van der Waals surface area contributed by atoms with Gasteiger partial charge in [-0.25, -0.2) is 30.7 Å². The lowest BCUT2D eigenvalue weighted by Crippen LogP contribution is -2.33. The summed E-state index contributed by atoms with van der Waals surface area (Å²) in [5.41, 5.74) is -1.17. The summed E-state index contributed by atoms with van der Waals surface area (Å²) in [4.78, 5) is 9.66. The van der Waals surface area contributed by atoms with Gasteiger partial charge in [0.1, 0.15) is 17.3 Å². The zero-order valence-electron chi connectivity index (χ0n) is 14.4. The second-order valence-electron chi connectivity index (χ2n) is 5.64. The molecule has 15 heteroatoms. The molecule has 30 heavy (non-hydrogen) atoms. The van der Waals surface area contributed by atoms with E-state index in [-0.39, 0.29) is 5.69 Å². The van der Waals surface area contributed by atoms with Crippen LogP contribution in [0.3, 0.4) is 0 Å². The number of anilines is 1. The number of carbonyl (C=O) groups is 1. The largest absolute Gasteiger partial charge is 0.478 e. The Kier molecular flexibility index (Phi) is 6.66. The zero-order chi connectivity index (χ0) is 22.9. The molecule has 2 rings (SSSR count). The fraction of sp³-hybridized carbons (Fsp3) is 0.133. The molecule has 2 aromatic rings. The van der Waals surface area contributed by atoms with Gasteiger partial charge in [-0.05, 0) is 36.4 Å². The summed E-state index contributed by atoms with van der Waals surface area (Å²) < 4.78 is 102. The average Bonchev–Trinajstić information content (AvgIpc) is 2.59. The molecular formula is C15H11ClF4N2O6S2. The van der Waals surface area contributed by atoms with E-state index in [1.54, 1.807) is 0 Å². The number of alkyl halides is 3. The number of halogens is 5. The minimum Gasteiger partial charge on any atom is -0.478 e. The van der Waals surface area contributed by atoms with Gasteiger partial charge >= 0.3 is 12.1 Å². The van der Waals surface area contributed by atoms with Gasteiger partial charge in [-0.1, -0.05) is 11.6 Å². The van der Waals surface area contributed by atoms with Crippen LogP contribution in [0, 0.1) is 5.82 Å². The number of hydrogen-bond donors (Lipinski definition) is 3. The number of rotatable bonds is 7. The molecule has 0 unspecified atom stereocenters. The van der Waals surface area contributed by atoms with E-state index in [0.717, 1.165) is 24.3 Å². The molecule has 0 saturated carbocycles. The molecular weight excluding hydrogens is 480 g/mol. The van der Waals surface area contributed by atoms with Crippen LogP contribution in [0.4, 0.5) is 23.2 Å². The number of hydrogen-bond acceptors (Lipinski definition) is 5. The highest BCUT2D eigenvalue weighted by Crippen LogP contribution is 2.27. The van der Waals surface area contributed by atoms with Gasteiger partial charge in [-0.3, -0.25) is 4.72 Å². The summed E-state index contributed by atoms with van der Waals surface area (Å²) >= 11 is 5.68. The van der Waals surface area contributed by atoms with Crippen LogP contribution in [0.1, 0.15) is 10.4 Å². The Hall–Kier alpha value is -2.42. The van der Waals surface area contributed by atoms with Crippen molar-refractivity contribution in [3.8, 4) is 0 Å². The summed E-state index contributed by atoms with van der Waals surface area (Å²) in [5, 5.41) is 8.30. The van der Waals surface area contributed by atoms with Gasteiger partial charge in [0.2, 0.25) is 10.0 Å². The van der Waals surface area contributed by atoms with Gasteiger partial charge < -0.3 is 5.11 Å². The molecule has 0 aliphatic heterocycles. The molecule has 0 bridgehead atoms. The molecule has 0 aromatic heterocycles. The third-order valence-electron chi connectivity index (χ3n) is 3.42. The van der Waals surface area contributed by atoms with Crippen LogP contribution in [-0.4, -0.2) is 40.6 Å². The van der Waals surface area contributed by atoms with Gasteiger partial charge in [0.05, 0.1) is 15.5 Å². The predicted molar refractivity (Wildman–Crippen MR) is 96.9 cm³/mol. The van der Waals surface area contributed by atoms with E-state index in [4.69, 9.17) is 16.7 Å². The standard InChI is InChI=1S/C15H11ClF4N2O6S2/c16-11-6-12(17)10(14(23)24)5-13(11)30(27,28)22-8-1-3-9(4-2-8)29(25,26)21-7-15(18,19)20/h1-6,21-22H,7H2,(H,23,24). The number of carboxylic acids is 1. The van der Waals surface area contributed by atoms with Crippen LogP contribution < -0.4 is 9.44 Å². The van der Waals surface area contributed by atoms with Crippen molar-refractivity contribution in [1.29, 1.82) is 0 Å². The Balaban J connectivity index is 2.29. The Labute approximate surface area is 172 Å². The van der Waals surface area contributed by atoms with Crippen molar-refractivity contribution in [2.24, 2.45) is 0 Å². The summed E-state index contributed by atoms with van der Waals surface area (Å²) in [6, 6.07) is 4.56. The van der Waals surface area contributed by atoms with E-state index < -0.39 is 64.9 Å². The first-order chi connectivity index (χ1) is 13.6. The lowest BCUT2D eigenvalue weighted by molar-refractivity contribution is -0.121. The molecule has 0 atom stereocenters. The van der Waals surface area contributed by atoms with Crippen molar-refractivity contribution >= 4 is 43.3 Å². The van der Waals surface area contributed by atoms with Crippen LogP contribution in [0.25, 0.3) is 0 Å². The molecule has 0 spiro atoms. The second kappa shape index (κ2) is 8.37. The first kappa shape index (κ1) is 23.9. The molecule has 8 nitrogen and oxygen atoms in total.